The Hall–Kier alpha value is -3.83. The maximum Gasteiger partial charge on any atom is 0.416 e. The van der Waals surface area contributed by atoms with Crippen LogP contribution in [0, 0.1) is 5.82 Å². The van der Waals surface area contributed by atoms with Gasteiger partial charge in [0, 0.05) is 6.07 Å². The van der Waals surface area contributed by atoms with Gasteiger partial charge in [-0.15, -0.1) is 5.10 Å². The smallest absolute Gasteiger partial charge is 0.416 e. The van der Waals surface area contributed by atoms with Gasteiger partial charge in [0.05, 0.1) is 48.6 Å². The van der Waals surface area contributed by atoms with Gasteiger partial charge in [0.25, 0.3) is 5.91 Å². The van der Waals surface area contributed by atoms with Crippen LogP contribution in [-0.2, 0) is 6.18 Å². The van der Waals surface area contributed by atoms with E-state index in [0.717, 1.165) is 12.1 Å². The molecule has 0 atom stereocenters. The first-order valence-corrected chi connectivity index (χ1v) is 8.99. The number of nitrogens with zero attached hydrogens (tertiary/aromatic N) is 5. The molecule has 1 fully saturated rings. The van der Waals surface area contributed by atoms with Crippen LogP contribution in [0.15, 0.2) is 48.9 Å². The number of rotatable bonds is 5. The normalized spacial score (nSPS) is 14.1. The van der Waals surface area contributed by atoms with Gasteiger partial charge < -0.3 is 15.0 Å². The third-order valence-electron chi connectivity index (χ3n) is 4.45. The van der Waals surface area contributed by atoms with Crippen molar-refractivity contribution in [3.8, 4) is 5.75 Å². The molecule has 0 spiro atoms. The van der Waals surface area contributed by atoms with E-state index in [9.17, 15) is 22.4 Å². The fraction of sp³-hybridized carbons (Fsp3) is 0.211. The molecule has 31 heavy (non-hydrogen) atoms. The van der Waals surface area contributed by atoms with E-state index in [1.54, 1.807) is 17.0 Å². The van der Waals surface area contributed by atoms with Crippen molar-refractivity contribution in [1.82, 2.24) is 20.4 Å². The molecule has 0 saturated carbocycles. The van der Waals surface area contributed by atoms with E-state index >= 15 is 0 Å². The largest absolute Gasteiger partial charge is 0.487 e. The fourth-order valence-corrected chi connectivity index (χ4v) is 2.99. The van der Waals surface area contributed by atoms with Gasteiger partial charge in [0.15, 0.2) is 5.69 Å². The molecule has 160 valence electrons. The number of aromatic nitrogens is 4. The summed E-state index contributed by atoms with van der Waals surface area (Å²) in [4.78, 5) is 14.3. The highest BCUT2D eigenvalue weighted by Gasteiger charge is 2.34. The summed E-state index contributed by atoms with van der Waals surface area (Å²) in [5, 5.41) is 17.5. The summed E-state index contributed by atoms with van der Waals surface area (Å²) in [7, 11) is 0. The predicted octanol–water partition coefficient (Wildman–Crippen LogP) is 2.94. The summed E-state index contributed by atoms with van der Waals surface area (Å²) in [5.74, 6) is -1.77. The van der Waals surface area contributed by atoms with Crippen LogP contribution in [0.3, 0.4) is 0 Å². The first-order chi connectivity index (χ1) is 14.8. The van der Waals surface area contributed by atoms with Crippen molar-refractivity contribution in [3.05, 3.63) is 66.0 Å². The number of alkyl halides is 3. The second-order valence-corrected chi connectivity index (χ2v) is 6.67. The van der Waals surface area contributed by atoms with Crippen molar-refractivity contribution in [2.75, 3.05) is 23.3 Å². The maximum atomic E-state index is 13.5. The zero-order valence-electron chi connectivity index (χ0n) is 15.7. The number of nitrogens with one attached hydrogen (secondary N) is 1. The molecule has 4 rings (SSSR count). The molecule has 0 aliphatic carbocycles. The predicted molar refractivity (Wildman–Crippen MR) is 100 cm³/mol. The second kappa shape index (κ2) is 8.13. The average Bonchev–Trinajstić information content (AvgIpc) is 2.70. The summed E-state index contributed by atoms with van der Waals surface area (Å²) in [5.41, 5.74) is -0.165. The molecule has 8 nitrogen and oxygen atoms in total. The van der Waals surface area contributed by atoms with Crippen LogP contribution in [0.25, 0.3) is 0 Å². The lowest BCUT2D eigenvalue weighted by Gasteiger charge is -2.41. The quantitative estimate of drug-likeness (QED) is 0.617. The van der Waals surface area contributed by atoms with Gasteiger partial charge >= 0.3 is 6.18 Å². The number of carbonyl (C=O) groups excluding carboxylic acids is 1. The SMILES string of the molecule is O=C(Nc1ccnnc1)c1nnccc1N1CC(Oc2cc(F)cc(C(F)(F)F)c2)C1. The van der Waals surface area contributed by atoms with Crippen molar-refractivity contribution in [2.45, 2.75) is 12.3 Å². The number of benzene rings is 1. The number of halogens is 4. The Bertz CT molecular complexity index is 1090. The number of ether oxygens (including phenoxy) is 1. The highest BCUT2D eigenvalue weighted by molar-refractivity contribution is 6.06. The Kier molecular flexibility index (Phi) is 5.36. The van der Waals surface area contributed by atoms with E-state index in [2.05, 4.69) is 25.7 Å². The third kappa shape index (κ3) is 4.68. The third-order valence-corrected chi connectivity index (χ3v) is 4.45. The van der Waals surface area contributed by atoms with Crippen LogP contribution in [-0.4, -0.2) is 45.5 Å². The van der Waals surface area contributed by atoms with E-state index < -0.39 is 29.6 Å². The first kappa shape index (κ1) is 20.4. The maximum absolute atomic E-state index is 13.5. The number of amides is 1. The molecule has 1 amide bonds. The highest BCUT2D eigenvalue weighted by Crippen LogP contribution is 2.33. The summed E-state index contributed by atoms with van der Waals surface area (Å²) in [6.45, 7) is 0.529. The average molecular weight is 434 g/mol. The lowest BCUT2D eigenvalue weighted by atomic mass is 10.1. The van der Waals surface area contributed by atoms with Gasteiger partial charge in [-0.25, -0.2) is 4.39 Å². The molecule has 12 heteroatoms. The minimum absolute atomic E-state index is 0.0582. The van der Waals surface area contributed by atoms with Crippen LogP contribution in [0.5, 0.6) is 5.75 Å². The molecular weight excluding hydrogens is 420 g/mol. The summed E-state index contributed by atoms with van der Waals surface area (Å²) in [6, 6.07) is 5.20. The van der Waals surface area contributed by atoms with Crippen LogP contribution in [0.2, 0.25) is 0 Å². The van der Waals surface area contributed by atoms with Gasteiger partial charge in [-0.2, -0.15) is 28.5 Å². The highest BCUT2D eigenvalue weighted by atomic mass is 19.4. The van der Waals surface area contributed by atoms with Crippen molar-refractivity contribution >= 4 is 17.3 Å². The van der Waals surface area contributed by atoms with Gasteiger partial charge in [-0.1, -0.05) is 0 Å². The lowest BCUT2D eigenvalue weighted by Crippen LogP contribution is -2.54. The Balaban J connectivity index is 1.43. The van der Waals surface area contributed by atoms with Crippen LogP contribution >= 0.6 is 0 Å². The van der Waals surface area contributed by atoms with Crippen molar-refractivity contribution in [1.29, 1.82) is 0 Å². The Labute approximate surface area is 172 Å². The van der Waals surface area contributed by atoms with Crippen LogP contribution in [0.1, 0.15) is 16.1 Å². The van der Waals surface area contributed by atoms with Gasteiger partial charge in [0.1, 0.15) is 17.7 Å². The molecule has 1 N–H and O–H groups in total. The lowest BCUT2D eigenvalue weighted by molar-refractivity contribution is -0.137. The summed E-state index contributed by atoms with van der Waals surface area (Å²) >= 11 is 0. The minimum atomic E-state index is -4.68. The molecule has 0 bridgehead atoms. The topological polar surface area (TPSA) is 93.1 Å². The number of carbonyl (C=O) groups is 1. The molecule has 3 aromatic rings. The van der Waals surface area contributed by atoms with E-state index in [0.29, 0.717) is 17.4 Å². The number of anilines is 2. The summed E-state index contributed by atoms with van der Waals surface area (Å²) in [6.07, 6.45) is -0.967. The Morgan fingerprint density at radius 1 is 1.10 bits per heavy atom. The zero-order valence-corrected chi connectivity index (χ0v) is 15.7. The monoisotopic (exact) mass is 434 g/mol. The van der Waals surface area contributed by atoms with E-state index in [-0.39, 0.29) is 24.5 Å². The molecule has 1 saturated heterocycles. The zero-order chi connectivity index (χ0) is 22.0. The Morgan fingerprint density at radius 2 is 1.87 bits per heavy atom. The van der Waals surface area contributed by atoms with Gasteiger partial charge in [-0.3, -0.25) is 4.79 Å². The number of hydrogen-bond acceptors (Lipinski definition) is 7. The molecule has 2 aromatic heterocycles. The molecular formula is C19H14F4N6O2. The molecule has 0 unspecified atom stereocenters. The minimum Gasteiger partial charge on any atom is -0.487 e. The van der Waals surface area contributed by atoms with E-state index in [1.165, 1.54) is 18.6 Å². The van der Waals surface area contributed by atoms with E-state index in [4.69, 9.17) is 4.74 Å². The first-order valence-electron chi connectivity index (χ1n) is 8.99. The van der Waals surface area contributed by atoms with Crippen molar-refractivity contribution < 1.29 is 27.1 Å². The molecule has 3 heterocycles. The Morgan fingerprint density at radius 3 is 2.58 bits per heavy atom. The molecule has 0 radical (unpaired) electrons. The van der Waals surface area contributed by atoms with Gasteiger partial charge in [-0.05, 0) is 24.3 Å². The van der Waals surface area contributed by atoms with Gasteiger partial charge in [0.2, 0.25) is 0 Å². The number of hydrogen-bond donors (Lipinski definition) is 1. The second-order valence-electron chi connectivity index (χ2n) is 6.67. The van der Waals surface area contributed by atoms with Crippen molar-refractivity contribution in [2.24, 2.45) is 0 Å². The molecule has 1 aromatic carbocycles. The fourth-order valence-electron chi connectivity index (χ4n) is 2.99. The van der Waals surface area contributed by atoms with Crippen molar-refractivity contribution in [3.63, 3.8) is 0 Å². The van der Waals surface area contributed by atoms with E-state index in [1.807, 2.05) is 0 Å². The molecule has 1 aliphatic rings. The van der Waals surface area contributed by atoms with Crippen LogP contribution < -0.4 is 15.0 Å². The van der Waals surface area contributed by atoms with Crippen LogP contribution in [0.4, 0.5) is 28.9 Å². The molecule has 1 aliphatic heterocycles. The summed E-state index contributed by atoms with van der Waals surface area (Å²) < 4.78 is 57.6. The standard InChI is InChI=1S/C19H14F4N6O2/c20-12-5-11(19(21,22)23)6-14(7-12)31-15-9-29(10-15)16-2-4-25-28-17(16)18(30)27-13-1-3-24-26-8-13/h1-8,15H,9-10H2,(H,24,27,30).